The van der Waals surface area contributed by atoms with Gasteiger partial charge in [0.25, 0.3) is 0 Å². The standard InChI is InChI=1S/C21H12BrF3N6S/c22-12-6-8-13(9-7-12)31-19(28-29-30-31)18-17(26)16-14(21(23,24)25)10-15(27-20(16)32-18)11-4-2-1-3-5-11/h1-10H,26H2. The number of halogens is 4. The highest BCUT2D eigenvalue weighted by atomic mass is 79.9. The summed E-state index contributed by atoms with van der Waals surface area (Å²) in [5, 5.41) is 11.6. The van der Waals surface area contributed by atoms with E-state index in [2.05, 4.69) is 36.4 Å². The zero-order chi connectivity index (χ0) is 22.5. The monoisotopic (exact) mass is 516 g/mol. The molecule has 0 fully saturated rings. The van der Waals surface area contributed by atoms with Gasteiger partial charge in [0.2, 0.25) is 0 Å². The SMILES string of the molecule is Nc1c(-c2nnnn2-c2ccc(Br)cc2)sc2nc(-c3ccccc3)cc(C(F)(F)F)c12. The van der Waals surface area contributed by atoms with Crippen molar-refractivity contribution in [1.29, 1.82) is 0 Å². The number of thiophene rings is 1. The second-order valence-electron chi connectivity index (χ2n) is 6.83. The molecule has 3 aromatic heterocycles. The van der Waals surface area contributed by atoms with Crippen molar-refractivity contribution in [3.8, 4) is 27.6 Å². The van der Waals surface area contributed by atoms with Crippen LogP contribution in [-0.4, -0.2) is 25.2 Å². The topological polar surface area (TPSA) is 82.5 Å². The van der Waals surface area contributed by atoms with Gasteiger partial charge in [-0.25, -0.2) is 4.98 Å². The number of pyridine rings is 1. The number of rotatable bonds is 3. The number of fused-ring (bicyclic) bond motifs is 1. The lowest BCUT2D eigenvalue weighted by molar-refractivity contribution is -0.136. The molecule has 160 valence electrons. The Labute approximate surface area is 191 Å². The van der Waals surface area contributed by atoms with Gasteiger partial charge in [0, 0.05) is 15.4 Å². The number of alkyl halides is 3. The van der Waals surface area contributed by atoms with Crippen LogP contribution in [-0.2, 0) is 6.18 Å². The van der Waals surface area contributed by atoms with E-state index in [0.29, 0.717) is 16.1 Å². The molecule has 0 unspecified atom stereocenters. The highest BCUT2D eigenvalue weighted by molar-refractivity contribution is 9.10. The first-order valence-corrected chi connectivity index (χ1v) is 10.8. The van der Waals surface area contributed by atoms with Gasteiger partial charge in [-0.15, -0.1) is 16.4 Å². The minimum absolute atomic E-state index is 0.0578. The number of nitrogen functional groups attached to an aromatic ring is 1. The van der Waals surface area contributed by atoms with Crippen molar-refractivity contribution in [1.82, 2.24) is 25.2 Å². The Bertz CT molecular complexity index is 1430. The van der Waals surface area contributed by atoms with Crippen molar-refractivity contribution in [2.75, 3.05) is 5.73 Å². The molecule has 32 heavy (non-hydrogen) atoms. The first-order valence-electron chi connectivity index (χ1n) is 9.23. The molecule has 0 spiro atoms. The smallest absolute Gasteiger partial charge is 0.397 e. The van der Waals surface area contributed by atoms with Crippen LogP contribution in [0.15, 0.2) is 65.1 Å². The molecule has 0 aliphatic heterocycles. The maximum Gasteiger partial charge on any atom is 0.417 e. The molecule has 5 rings (SSSR count). The normalized spacial score (nSPS) is 11.9. The van der Waals surface area contributed by atoms with Crippen molar-refractivity contribution in [2.24, 2.45) is 0 Å². The summed E-state index contributed by atoms with van der Waals surface area (Å²) in [6.45, 7) is 0. The molecule has 2 N–H and O–H groups in total. The van der Waals surface area contributed by atoms with Crippen LogP contribution in [0.25, 0.3) is 37.9 Å². The molecule has 2 aromatic carbocycles. The average Bonchev–Trinajstić information content (AvgIpc) is 3.38. The number of benzene rings is 2. The second kappa shape index (κ2) is 7.68. The van der Waals surface area contributed by atoms with E-state index in [9.17, 15) is 13.2 Å². The minimum atomic E-state index is -4.62. The Morgan fingerprint density at radius 1 is 1.00 bits per heavy atom. The molecule has 0 radical (unpaired) electrons. The summed E-state index contributed by atoms with van der Waals surface area (Å²) in [5.41, 5.74) is 6.77. The molecule has 0 amide bonds. The van der Waals surface area contributed by atoms with Crippen LogP contribution in [0.3, 0.4) is 0 Å². The molecule has 0 saturated heterocycles. The predicted octanol–water partition coefficient (Wildman–Crippen LogP) is 5.97. The van der Waals surface area contributed by atoms with Gasteiger partial charge in [-0.05, 0) is 40.8 Å². The molecule has 6 nitrogen and oxygen atoms in total. The lowest BCUT2D eigenvalue weighted by Crippen LogP contribution is -2.07. The van der Waals surface area contributed by atoms with Gasteiger partial charge < -0.3 is 5.73 Å². The van der Waals surface area contributed by atoms with Crippen LogP contribution in [0.5, 0.6) is 0 Å². The first kappa shape index (κ1) is 20.6. The fourth-order valence-corrected chi connectivity index (χ4v) is 4.71. The molecule has 0 saturated carbocycles. The minimum Gasteiger partial charge on any atom is -0.397 e. The van der Waals surface area contributed by atoms with E-state index in [-0.39, 0.29) is 27.4 Å². The molecule has 3 heterocycles. The number of aromatic nitrogens is 5. The summed E-state index contributed by atoms with van der Waals surface area (Å²) in [5.74, 6) is 0.238. The Morgan fingerprint density at radius 2 is 1.72 bits per heavy atom. The summed E-state index contributed by atoms with van der Waals surface area (Å²) in [6.07, 6.45) is -4.62. The van der Waals surface area contributed by atoms with E-state index in [1.165, 1.54) is 4.68 Å². The van der Waals surface area contributed by atoms with Crippen molar-refractivity contribution in [3.63, 3.8) is 0 Å². The summed E-state index contributed by atoms with van der Waals surface area (Å²) < 4.78 is 44.3. The van der Waals surface area contributed by atoms with Gasteiger partial charge >= 0.3 is 6.18 Å². The zero-order valence-corrected chi connectivity index (χ0v) is 18.4. The number of hydrogen-bond donors (Lipinski definition) is 1. The second-order valence-corrected chi connectivity index (χ2v) is 8.75. The Morgan fingerprint density at radius 3 is 2.41 bits per heavy atom. The van der Waals surface area contributed by atoms with Crippen LogP contribution in [0.4, 0.5) is 18.9 Å². The van der Waals surface area contributed by atoms with Crippen LogP contribution in [0, 0.1) is 0 Å². The van der Waals surface area contributed by atoms with Gasteiger partial charge in [-0.1, -0.05) is 46.3 Å². The molecular weight excluding hydrogens is 505 g/mol. The van der Waals surface area contributed by atoms with Crippen LogP contribution in [0.1, 0.15) is 5.56 Å². The van der Waals surface area contributed by atoms with Gasteiger partial charge in [-0.2, -0.15) is 17.9 Å². The third-order valence-electron chi connectivity index (χ3n) is 4.82. The number of tetrazole rings is 1. The van der Waals surface area contributed by atoms with Crippen molar-refractivity contribution < 1.29 is 13.2 Å². The Kier molecular flexibility index (Phi) is 4.94. The largest absolute Gasteiger partial charge is 0.417 e. The molecule has 0 atom stereocenters. The molecule has 5 aromatic rings. The van der Waals surface area contributed by atoms with Gasteiger partial charge in [-0.3, -0.25) is 0 Å². The lowest BCUT2D eigenvalue weighted by atomic mass is 10.1. The summed E-state index contributed by atoms with van der Waals surface area (Å²) in [6, 6.07) is 16.9. The molecular formula is C21H12BrF3N6S. The van der Waals surface area contributed by atoms with Gasteiger partial charge in [0.05, 0.1) is 27.5 Å². The van der Waals surface area contributed by atoms with Gasteiger partial charge in [0.15, 0.2) is 5.82 Å². The third kappa shape index (κ3) is 3.53. The van der Waals surface area contributed by atoms with E-state index in [4.69, 9.17) is 5.73 Å². The predicted molar refractivity (Wildman–Crippen MR) is 120 cm³/mol. The molecule has 0 aliphatic rings. The fourth-order valence-electron chi connectivity index (χ4n) is 3.35. The highest BCUT2D eigenvalue weighted by Gasteiger charge is 2.36. The van der Waals surface area contributed by atoms with Crippen molar-refractivity contribution >= 4 is 43.2 Å². The number of anilines is 1. The molecule has 0 aliphatic carbocycles. The number of nitrogens with zero attached hydrogens (tertiary/aromatic N) is 5. The molecule has 0 bridgehead atoms. The first-order chi connectivity index (χ1) is 15.3. The molecule has 11 heteroatoms. The van der Waals surface area contributed by atoms with Crippen LogP contribution < -0.4 is 5.73 Å². The summed E-state index contributed by atoms with van der Waals surface area (Å²) in [7, 11) is 0. The average molecular weight is 517 g/mol. The third-order valence-corrected chi connectivity index (χ3v) is 6.44. The zero-order valence-electron chi connectivity index (χ0n) is 16.0. The van der Waals surface area contributed by atoms with E-state index in [1.807, 2.05) is 12.1 Å². The van der Waals surface area contributed by atoms with E-state index in [0.717, 1.165) is 21.9 Å². The van der Waals surface area contributed by atoms with E-state index < -0.39 is 11.7 Å². The van der Waals surface area contributed by atoms with E-state index in [1.54, 1.807) is 42.5 Å². The summed E-state index contributed by atoms with van der Waals surface area (Å²) >= 11 is 4.39. The van der Waals surface area contributed by atoms with Crippen LogP contribution in [0.2, 0.25) is 0 Å². The quantitative estimate of drug-likeness (QED) is 0.319. The maximum absolute atomic E-state index is 14.0. The van der Waals surface area contributed by atoms with Crippen molar-refractivity contribution in [3.05, 3.63) is 70.7 Å². The Balaban J connectivity index is 1.75. The number of hydrogen-bond acceptors (Lipinski definition) is 6. The Hall–Kier alpha value is -3.31. The highest BCUT2D eigenvalue weighted by Crippen LogP contribution is 2.46. The lowest BCUT2D eigenvalue weighted by Gasteiger charge is -2.11. The van der Waals surface area contributed by atoms with Crippen LogP contribution >= 0.6 is 27.3 Å². The van der Waals surface area contributed by atoms with E-state index >= 15 is 0 Å². The van der Waals surface area contributed by atoms with Crippen molar-refractivity contribution in [2.45, 2.75) is 6.18 Å². The van der Waals surface area contributed by atoms with Gasteiger partial charge in [0.1, 0.15) is 4.83 Å². The number of nitrogens with two attached hydrogens (primary N) is 1. The maximum atomic E-state index is 14.0. The summed E-state index contributed by atoms with van der Waals surface area (Å²) in [4.78, 5) is 4.96. The fraction of sp³-hybridized carbons (Fsp3) is 0.0476.